The molecule has 0 unspecified atom stereocenters. The minimum atomic E-state index is -1.18. The summed E-state index contributed by atoms with van der Waals surface area (Å²) < 4.78 is 0. The van der Waals surface area contributed by atoms with E-state index in [0.29, 0.717) is 21.7 Å². The Morgan fingerprint density at radius 1 is 1.20 bits per heavy atom. The fourth-order valence-corrected chi connectivity index (χ4v) is 1.80. The molecule has 134 valence electrons. The van der Waals surface area contributed by atoms with E-state index in [1.807, 2.05) is 0 Å². The van der Waals surface area contributed by atoms with Crippen LogP contribution in [-0.4, -0.2) is 28.4 Å². The average Bonchev–Trinajstić information content (AvgIpc) is 2.51. The topological polar surface area (TPSA) is 122 Å². The molecule has 1 aromatic carbocycles. The molecular weight excluding hydrogens is 369 g/mol. The van der Waals surface area contributed by atoms with Gasteiger partial charge in [0.05, 0.1) is 5.54 Å². The molecule has 7 nitrogen and oxygen atoms in total. The summed E-state index contributed by atoms with van der Waals surface area (Å²) in [5, 5.41) is 11.5. The smallest absolute Gasteiger partial charge is 0.328 e. The summed E-state index contributed by atoms with van der Waals surface area (Å²) in [5.41, 5.74) is 1.42. The maximum Gasteiger partial charge on any atom is 0.328 e. The van der Waals surface area contributed by atoms with E-state index >= 15 is 0 Å². The highest BCUT2D eigenvalue weighted by Crippen LogP contribution is 2.19. The molecule has 0 saturated heterocycles. The van der Waals surface area contributed by atoms with Crippen molar-refractivity contribution in [3.05, 3.63) is 46.0 Å². The molecule has 0 spiro atoms. The van der Waals surface area contributed by atoms with Crippen LogP contribution >= 0.6 is 23.2 Å². The Balaban J connectivity index is 0.000000547. The molecule has 1 aromatic rings. The number of hydrogen-bond acceptors (Lipinski definition) is 4. The number of hydrazine groups is 1. The standard InChI is InChI=1S/C12H11Cl2NO.C4H6N2O3/c1-4-12(2,3)15-11(16)8-5-9(13)7-10(14)6-8;5-6-3(7)1-2-4(8)9/h1,5-7H,2-3H3,(H,15,16);1-2H,5H2,(H,6,7)(H,8,9). The Labute approximate surface area is 155 Å². The largest absolute Gasteiger partial charge is 0.478 e. The number of halogens is 2. The molecule has 25 heavy (non-hydrogen) atoms. The Hall–Kier alpha value is -2.53. The van der Waals surface area contributed by atoms with Gasteiger partial charge in [-0.05, 0) is 32.0 Å². The first-order valence-corrected chi connectivity index (χ1v) is 7.44. The molecule has 0 fully saturated rings. The number of nitrogens with one attached hydrogen (secondary N) is 2. The summed E-state index contributed by atoms with van der Waals surface area (Å²) in [6.45, 7) is 3.47. The predicted octanol–water partition coefficient (Wildman–Crippen LogP) is 1.75. The van der Waals surface area contributed by atoms with Crippen molar-refractivity contribution in [3.8, 4) is 12.3 Å². The zero-order chi connectivity index (χ0) is 19.6. The monoisotopic (exact) mass is 385 g/mol. The lowest BCUT2D eigenvalue weighted by Crippen LogP contribution is -2.42. The van der Waals surface area contributed by atoms with Gasteiger partial charge in [0.2, 0.25) is 0 Å². The Kier molecular flexibility index (Phi) is 9.31. The number of aliphatic carboxylic acids is 1. The van der Waals surface area contributed by atoms with Gasteiger partial charge in [-0.2, -0.15) is 0 Å². The van der Waals surface area contributed by atoms with E-state index in [9.17, 15) is 14.4 Å². The first-order valence-electron chi connectivity index (χ1n) is 6.68. The number of terminal acetylenes is 1. The molecule has 0 heterocycles. The molecule has 0 aliphatic carbocycles. The average molecular weight is 386 g/mol. The third-order valence-corrected chi connectivity index (χ3v) is 2.87. The predicted molar refractivity (Wildman–Crippen MR) is 95.9 cm³/mol. The van der Waals surface area contributed by atoms with Crippen LogP contribution < -0.4 is 16.6 Å². The summed E-state index contributed by atoms with van der Waals surface area (Å²) in [4.78, 5) is 31.6. The van der Waals surface area contributed by atoms with Crippen LogP contribution in [0.15, 0.2) is 30.4 Å². The fraction of sp³-hybridized carbons (Fsp3) is 0.188. The van der Waals surface area contributed by atoms with Crippen molar-refractivity contribution < 1.29 is 19.5 Å². The van der Waals surface area contributed by atoms with E-state index < -0.39 is 17.4 Å². The second-order valence-electron chi connectivity index (χ2n) is 5.06. The molecule has 0 aliphatic rings. The number of carboxylic acid groups (broad SMARTS) is 1. The van der Waals surface area contributed by atoms with E-state index in [4.69, 9.17) is 34.7 Å². The third kappa shape index (κ3) is 10.0. The van der Waals surface area contributed by atoms with Crippen molar-refractivity contribution in [1.82, 2.24) is 10.7 Å². The first kappa shape index (κ1) is 22.5. The van der Waals surface area contributed by atoms with Crippen LogP contribution in [0.3, 0.4) is 0 Å². The van der Waals surface area contributed by atoms with Gasteiger partial charge in [0, 0.05) is 27.8 Å². The highest BCUT2D eigenvalue weighted by atomic mass is 35.5. The van der Waals surface area contributed by atoms with Gasteiger partial charge in [-0.3, -0.25) is 15.0 Å². The van der Waals surface area contributed by atoms with Gasteiger partial charge in [0.15, 0.2) is 0 Å². The van der Waals surface area contributed by atoms with Crippen molar-refractivity contribution in [2.45, 2.75) is 19.4 Å². The molecular formula is C16H17Cl2N3O4. The quantitative estimate of drug-likeness (QED) is 0.207. The normalized spacial score (nSPS) is 10.2. The van der Waals surface area contributed by atoms with E-state index in [-0.39, 0.29) is 5.91 Å². The van der Waals surface area contributed by atoms with Crippen LogP contribution in [0.25, 0.3) is 0 Å². The van der Waals surface area contributed by atoms with E-state index in [0.717, 1.165) is 6.08 Å². The number of carbonyl (C=O) groups excluding carboxylic acids is 2. The number of nitrogens with two attached hydrogens (primary N) is 1. The zero-order valence-electron chi connectivity index (χ0n) is 13.5. The molecule has 0 aromatic heterocycles. The lowest BCUT2D eigenvalue weighted by Gasteiger charge is -2.19. The van der Waals surface area contributed by atoms with Gasteiger partial charge in [-0.15, -0.1) is 6.42 Å². The summed E-state index contributed by atoms with van der Waals surface area (Å²) in [7, 11) is 0. The molecule has 9 heteroatoms. The van der Waals surface area contributed by atoms with Crippen molar-refractivity contribution in [1.29, 1.82) is 0 Å². The molecule has 0 atom stereocenters. The number of carboxylic acids is 1. The minimum Gasteiger partial charge on any atom is -0.478 e. The third-order valence-electron chi connectivity index (χ3n) is 2.43. The minimum absolute atomic E-state index is 0.299. The van der Waals surface area contributed by atoms with Crippen molar-refractivity contribution in [2.75, 3.05) is 0 Å². The van der Waals surface area contributed by atoms with E-state index in [2.05, 4.69) is 17.1 Å². The van der Waals surface area contributed by atoms with Gasteiger partial charge in [-0.1, -0.05) is 29.1 Å². The van der Waals surface area contributed by atoms with E-state index in [1.165, 1.54) is 12.1 Å². The van der Waals surface area contributed by atoms with Gasteiger partial charge >= 0.3 is 5.97 Å². The van der Waals surface area contributed by atoms with Crippen LogP contribution in [0.4, 0.5) is 0 Å². The van der Waals surface area contributed by atoms with Crippen molar-refractivity contribution in [2.24, 2.45) is 5.84 Å². The maximum atomic E-state index is 11.8. The fourth-order valence-electron chi connectivity index (χ4n) is 1.27. The molecule has 0 saturated carbocycles. The molecule has 2 amide bonds. The Bertz CT molecular complexity index is 704. The summed E-state index contributed by atoms with van der Waals surface area (Å²) in [5.74, 6) is 4.97. The van der Waals surface area contributed by atoms with Crippen molar-refractivity contribution in [3.63, 3.8) is 0 Å². The highest BCUT2D eigenvalue weighted by molar-refractivity contribution is 6.35. The SMILES string of the molecule is C#CC(C)(C)NC(=O)c1cc(Cl)cc(Cl)c1.NNC(=O)C=CC(=O)O. The first-order chi connectivity index (χ1) is 11.5. The number of hydrogen-bond donors (Lipinski definition) is 4. The van der Waals surface area contributed by atoms with Gasteiger partial charge in [0.25, 0.3) is 11.8 Å². The van der Waals surface area contributed by atoms with Gasteiger partial charge in [0.1, 0.15) is 0 Å². The van der Waals surface area contributed by atoms with E-state index in [1.54, 1.807) is 25.3 Å². The van der Waals surface area contributed by atoms with Crippen molar-refractivity contribution >= 4 is 41.0 Å². The van der Waals surface area contributed by atoms with Crippen LogP contribution in [0, 0.1) is 12.3 Å². The molecule has 0 aliphatic heterocycles. The maximum absolute atomic E-state index is 11.8. The van der Waals surface area contributed by atoms with Crippen LogP contribution in [-0.2, 0) is 9.59 Å². The summed E-state index contributed by atoms with van der Waals surface area (Å²) in [6.07, 6.45) is 6.79. The zero-order valence-corrected chi connectivity index (χ0v) is 15.0. The van der Waals surface area contributed by atoms with Gasteiger partial charge < -0.3 is 10.4 Å². The van der Waals surface area contributed by atoms with Crippen LogP contribution in [0.2, 0.25) is 10.0 Å². The van der Waals surface area contributed by atoms with Crippen LogP contribution in [0.5, 0.6) is 0 Å². The lowest BCUT2D eigenvalue weighted by atomic mass is 10.1. The Morgan fingerprint density at radius 3 is 2.12 bits per heavy atom. The number of rotatable bonds is 4. The Morgan fingerprint density at radius 2 is 1.72 bits per heavy atom. The molecule has 5 N–H and O–H groups in total. The molecule has 0 radical (unpaired) electrons. The highest BCUT2D eigenvalue weighted by Gasteiger charge is 2.18. The number of carbonyl (C=O) groups is 3. The van der Waals surface area contributed by atoms with Gasteiger partial charge in [-0.25, -0.2) is 10.6 Å². The summed E-state index contributed by atoms with van der Waals surface area (Å²) in [6, 6.07) is 4.64. The second-order valence-corrected chi connectivity index (χ2v) is 5.93. The summed E-state index contributed by atoms with van der Waals surface area (Å²) >= 11 is 11.6. The second kappa shape index (κ2) is 10.4. The number of amides is 2. The van der Waals surface area contributed by atoms with Crippen LogP contribution in [0.1, 0.15) is 24.2 Å². The molecule has 1 rings (SSSR count). The number of benzene rings is 1. The lowest BCUT2D eigenvalue weighted by molar-refractivity contribution is -0.131. The molecule has 0 bridgehead atoms.